The van der Waals surface area contributed by atoms with Crippen molar-refractivity contribution in [2.24, 2.45) is 5.73 Å². The van der Waals surface area contributed by atoms with Gasteiger partial charge in [0.05, 0.1) is 0 Å². The van der Waals surface area contributed by atoms with Crippen molar-refractivity contribution in [1.29, 1.82) is 0 Å². The molecular weight excluding hydrogens is 258 g/mol. The van der Waals surface area contributed by atoms with E-state index >= 15 is 0 Å². The van der Waals surface area contributed by atoms with Crippen LogP contribution in [0.3, 0.4) is 0 Å². The van der Waals surface area contributed by atoms with E-state index in [1.165, 1.54) is 0 Å². The van der Waals surface area contributed by atoms with Gasteiger partial charge in [0.25, 0.3) is 5.91 Å². The van der Waals surface area contributed by atoms with Crippen molar-refractivity contribution in [3.05, 3.63) is 29.8 Å². The lowest BCUT2D eigenvalue weighted by molar-refractivity contribution is 0.0792. The SMILES string of the molecule is CN(CCCCCO)C(=O)c1ccc(NC(N)=O)cc1. The molecule has 0 spiro atoms. The molecule has 1 aromatic rings. The summed E-state index contributed by atoms with van der Waals surface area (Å²) in [6.45, 7) is 0.839. The Balaban J connectivity index is 2.51. The molecular formula is C14H21N3O3. The predicted molar refractivity (Wildman–Crippen MR) is 77.5 cm³/mol. The van der Waals surface area contributed by atoms with Crippen LogP contribution in [-0.4, -0.2) is 42.1 Å². The fourth-order valence-electron chi connectivity index (χ4n) is 1.80. The van der Waals surface area contributed by atoms with Gasteiger partial charge in [0.1, 0.15) is 0 Å². The predicted octanol–water partition coefficient (Wildman–Crippen LogP) is 1.41. The second kappa shape index (κ2) is 8.16. The standard InChI is InChI=1S/C14H21N3O3/c1-17(9-3-2-4-10-18)13(19)11-5-7-12(8-6-11)16-14(15)20/h5-8,18H,2-4,9-10H2,1H3,(H3,15,16,20). The maximum absolute atomic E-state index is 12.1. The van der Waals surface area contributed by atoms with Gasteiger partial charge in [-0.1, -0.05) is 0 Å². The smallest absolute Gasteiger partial charge is 0.316 e. The molecule has 20 heavy (non-hydrogen) atoms. The zero-order valence-corrected chi connectivity index (χ0v) is 11.6. The lowest BCUT2D eigenvalue weighted by atomic mass is 10.1. The summed E-state index contributed by atoms with van der Waals surface area (Å²) in [7, 11) is 1.75. The molecule has 0 atom stereocenters. The molecule has 1 aromatic carbocycles. The number of aliphatic hydroxyl groups is 1. The number of carbonyl (C=O) groups is 2. The Bertz CT molecular complexity index is 445. The van der Waals surface area contributed by atoms with E-state index in [1.807, 2.05) is 0 Å². The molecule has 3 amide bonds. The third-order valence-electron chi connectivity index (χ3n) is 2.90. The van der Waals surface area contributed by atoms with Gasteiger partial charge in [-0.3, -0.25) is 4.79 Å². The normalized spacial score (nSPS) is 10.1. The number of primary amides is 1. The van der Waals surface area contributed by atoms with Gasteiger partial charge in [-0.2, -0.15) is 0 Å². The fraction of sp³-hybridized carbons (Fsp3) is 0.429. The minimum atomic E-state index is -0.634. The van der Waals surface area contributed by atoms with Gasteiger partial charge in [-0.05, 0) is 43.5 Å². The second-order valence-corrected chi connectivity index (χ2v) is 4.58. The first-order valence-electron chi connectivity index (χ1n) is 6.57. The molecule has 4 N–H and O–H groups in total. The van der Waals surface area contributed by atoms with Gasteiger partial charge >= 0.3 is 6.03 Å². The van der Waals surface area contributed by atoms with E-state index < -0.39 is 6.03 Å². The van der Waals surface area contributed by atoms with E-state index in [9.17, 15) is 9.59 Å². The van der Waals surface area contributed by atoms with Crippen LogP contribution in [0.1, 0.15) is 29.6 Å². The van der Waals surface area contributed by atoms with E-state index in [0.29, 0.717) is 17.8 Å². The van der Waals surface area contributed by atoms with Crippen LogP contribution < -0.4 is 11.1 Å². The Morgan fingerprint density at radius 2 is 1.85 bits per heavy atom. The molecule has 0 aliphatic carbocycles. The van der Waals surface area contributed by atoms with Gasteiger partial charge in [0.2, 0.25) is 0 Å². The number of benzene rings is 1. The maximum Gasteiger partial charge on any atom is 0.316 e. The summed E-state index contributed by atoms with van der Waals surface area (Å²) >= 11 is 0. The average molecular weight is 279 g/mol. The summed E-state index contributed by atoms with van der Waals surface area (Å²) in [6.07, 6.45) is 2.52. The molecule has 0 fully saturated rings. The Morgan fingerprint density at radius 3 is 2.40 bits per heavy atom. The fourth-order valence-corrected chi connectivity index (χ4v) is 1.80. The molecule has 0 aliphatic rings. The summed E-state index contributed by atoms with van der Waals surface area (Å²) in [5, 5.41) is 11.1. The number of anilines is 1. The molecule has 0 aromatic heterocycles. The van der Waals surface area contributed by atoms with E-state index in [0.717, 1.165) is 19.3 Å². The summed E-state index contributed by atoms with van der Waals surface area (Å²) in [5.41, 5.74) is 6.12. The molecule has 1 rings (SSSR count). The van der Waals surface area contributed by atoms with Crippen LogP contribution in [0.15, 0.2) is 24.3 Å². The monoisotopic (exact) mass is 279 g/mol. The lowest BCUT2D eigenvalue weighted by Crippen LogP contribution is -2.27. The third kappa shape index (κ3) is 5.27. The van der Waals surface area contributed by atoms with Crippen molar-refractivity contribution in [1.82, 2.24) is 4.90 Å². The summed E-state index contributed by atoms with van der Waals surface area (Å²) in [4.78, 5) is 24.4. The molecule has 0 heterocycles. The second-order valence-electron chi connectivity index (χ2n) is 4.58. The molecule has 6 heteroatoms. The largest absolute Gasteiger partial charge is 0.396 e. The highest BCUT2D eigenvalue weighted by Crippen LogP contribution is 2.11. The van der Waals surface area contributed by atoms with Crippen LogP contribution in [0.2, 0.25) is 0 Å². The van der Waals surface area contributed by atoms with Gasteiger partial charge in [0.15, 0.2) is 0 Å². The molecule has 0 radical (unpaired) electrons. The number of aliphatic hydroxyl groups excluding tert-OH is 1. The lowest BCUT2D eigenvalue weighted by Gasteiger charge is -2.17. The van der Waals surface area contributed by atoms with Gasteiger partial charge in [-0.25, -0.2) is 4.79 Å². The third-order valence-corrected chi connectivity index (χ3v) is 2.90. The summed E-state index contributed by atoms with van der Waals surface area (Å²) in [5.74, 6) is -0.0698. The van der Waals surface area contributed by atoms with E-state index in [2.05, 4.69) is 5.32 Å². The van der Waals surface area contributed by atoms with E-state index in [1.54, 1.807) is 36.2 Å². The molecule has 110 valence electrons. The van der Waals surface area contributed by atoms with Crippen molar-refractivity contribution in [3.63, 3.8) is 0 Å². The average Bonchev–Trinajstić information content (AvgIpc) is 2.43. The van der Waals surface area contributed by atoms with Crippen LogP contribution >= 0.6 is 0 Å². The van der Waals surface area contributed by atoms with Crippen molar-refractivity contribution in [2.75, 3.05) is 25.5 Å². The minimum absolute atomic E-state index is 0.0698. The highest BCUT2D eigenvalue weighted by molar-refractivity contribution is 5.95. The Hall–Kier alpha value is -2.08. The number of unbranched alkanes of at least 4 members (excludes halogenated alkanes) is 2. The number of hydrogen-bond donors (Lipinski definition) is 3. The Morgan fingerprint density at radius 1 is 1.20 bits per heavy atom. The van der Waals surface area contributed by atoms with Crippen LogP contribution in [0.25, 0.3) is 0 Å². The molecule has 0 saturated carbocycles. The molecule has 0 unspecified atom stereocenters. The zero-order chi connectivity index (χ0) is 15.0. The number of nitrogens with zero attached hydrogens (tertiary/aromatic N) is 1. The summed E-state index contributed by atoms with van der Waals surface area (Å²) < 4.78 is 0. The first-order chi connectivity index (χ1) is 9.54. The van der Waals surface area contributed by atoms with Crippen LogP contribution in [-0.2, 0) is 0 Å². The highest BCUT2D eigenvalue weighted by atomic mass is 16.3. The number of carbonyl (C=O) groups excluding carboxylic acids is 2. The highest BCUT2D eigenvalue weighted by Gasteiger charge is 2.11. The first kappa shape index (κ1) is 16.0. The van der Waals surface area contributed by atoms with E-state index in [-0.39, 0.29) is 12.5 Å². The Kier molecular flexibility index (Phi) is 6.52. The van der Waals surface area contributed by atoms with Crippen LogP contribution in [0, 0.1) is 0 Å². The van der Waals surface area contributed by atoms with Crippen molar-refractivity contribution >= 4 is 17.6 Å². The molecule has 0 saturated heterocycles. The van der Waals surface area contributed by atoms with Gasteiger partial charge in [-0.15, -0.1) is 0 Å². The quantitative estimate of drug-likeness (QED) is 0.658. The van der Waals surface area contributed by atoms with E-state index in [4.69, 9.17) is 10.8 Å². The number of nitrogens with two attached hydrogens (primary N) is 1. The van der Waals surface area contributed by atoms with Crippen LogP contribution in [0.4, 0.5) is 10.5 Å². The number of nitrogens with one attached hydrogen (secondary N) is 1. The van der Waals surface area contributed by atoms with Gasteiger partial charge < -0.3 is 21.1 Å². The number of rotatable bonds is 7. The number of urea groups is 1. The zero-order valence-electron chi connectivity index (χ0n) is 11.6. The van der Waals surface area contributed by atoms with Crippen molar-refractivity contribution in [2.45, 2.75) is 19.3 Å². The summed E-state index contributed by atoms with van der Waals surface area (Å²) in [6, 6.07) is 5.94. The maximum atomic E-state index is 12.1. The number of hydrogen-bond acceptors (Lipinski definition) is 3. The minimum Gasteiger partial charge on any atom is -0.396 e. The van der Waals surface area contributed by atoms with Crippen LogP contribution in [0.5, 0.6) is 0 Å². The molecule has 6 nitrogen and oxygen atoms in total. The first-order valence-corrected chi connectivity index (χ1v) is 6.57. The molecule has 0 bridgehead atoms. The number of amides is 3. The van der Waals surface area contributed by atoms with Gasteiger partial charge in [0, 0.05) is 31.5 Å². The van der Waals surface area contributed by atoms with Crippen molar-refractivity contribution in [3.8, 4) is 0 Å². The Labute approximate surface area is 118 Å². The molecule has 0 aliphatic heterocycles. The topological polar surface area (TPSA) is 95.7 Å². The van der Waals surface area contributed by atoms with Crippen molar-refractivity contribution < 1.29 is 14.7 Å².